The van der Waals surface area contributed by atoms with Crippen molar-refractivity contribution in [3.8, 4) is 5.75 Å². The Morgan fingerprint density at radius 3 is 2.50 bits per heavy atom. The molecule has 0 radical (unpaired) electrons. The van der Waals surface area contributed by atoms with E-state index < -0.39 is 0 Å². The van der Waals surface area contributed by atoms with Gasteiger partial charge in [-0.2, -0.15) is 0 Å². The third-order valence-electron chi connectivity index (χ3n) is 4.91. The molecule has 0 bridgehead atoms. The van der Waals surface area contributed by atoms with E-state index in [4.69, 9.17) is 4.74 Å². The first kappa shape index (κ1) is 18.5. The molecule has 3 rings (SSSR count). The zero-order valence-corrected chi connectivity index (χ0v) is 15.5. The molecule has 2 aromatic rings. The van der Waals surface area contributed by atoms with E-state index >= 15 is 0 Å². The molecule has 2 aromatic carbocycles. The van der Waals surface area contributed by atoms with Crippen molar-refractivity contribution in [2.75, 3.05) is 19.7 Å². The maximum atomic E-state index is 12.2. The summed E-state index contributed by atoms with van der Waals surface area (Å²) in [5, 5.41) is 3.12. The van der Waals surface area contributed by atoms with Gasteiger partial charge in [0.1, 0.15) is 5.75 Å². The van der Waals surface area contributed by atoms with Crippen LogP contribution in [-0.4, -0.2) is 36.5 Å². The molecule has 1 N–H and O–H groups in total. The van der Waals surface area contributed by atoms with Crippen molar-refractivity contribution >= 4 is 5.91 Å². The molecule has 1 saturated heterocycles. The van der Waals surface area contributed by atoms with E-state index in [2.05, 4.69) is 41.4 Å². The van der Waals surface area contributed by atoms with Crippen LogP contribution in [0.1, 0.15) is 30.9 Å². The van der Waals surface area contributed by atoms with Crippen molar-refractivity contribution in [3.05, 3.63) is 65.7 Å². The highest BCUT2D eigenvalue weighted by Crippen LogP contribution is 2.18. The minimum absolute atomic E-state index is 0.0302. The quantitative estimate of drug-likeness (QED) is 0.830. The highest BCUT2D eigenvalue weighted by atomic mass is 16.5. The molecule has 1 heterocycles. The smallest absolute Gasteiger partial charge is 0.258 e. The van der Waals surface area contributed by atoms with Crippen molar-refractivity contribution in [2.24, 2.45) is 0 Å². The molecule has 0 aliphatic carbocycles. The summed E-state index contributed by atoms with van der Waals surface area (Å²) in [6.07, 6.45) is 2.88. The van der Waals surface area contributed by atoms with Gasteiger partial charge in [0.25, 0.3) is 5.91 Å². The molecule has 0 atom stereocenters. The van der Waals surface area contributed by atoms with E-state index in [1.165, 1.54) is 5.56 Å². The third kappa shape index (κ3) is 5.33. The van der Waals surface area contributed by atoms with Crippen molar-refractivity contribution in [1.82, 2.24) is 10.2 Å². The zero-order valence-electron chi connectivity index (χ0n) is 15.5. The topological polar surface area (TPSA) is 41.6 Å². The second-order valence-corrected chi connectivity index (χ2v) is 6.85. The number of likely N-dealkylation sites (tertiary alicyclic amines) is 1. The van der Waals surface area contributed by atoms with Gasteiger partial charge in [0.05, 0.1) is 0 Å². The van der Waals surface area contributed by atoms with Crippen LogP contribution in [0.15, 0.2) is 54.6 Å². The zero-order chi connectivity index (χ0) is 18.2. The number of aryl methyl sites for hydroxylation is 1. The Kier molecular flexibility index (Phi) is 6.67. The predicted octanol–water partition coefficient (Wildman–Crippen LogP) is 3.41. The number of piperidine rings is 1. The van der Waals surface area contributed by atoms with E-state index in [9.17, 15) is 4.79 Å². The fourth-order valence-electron chi connectivity index (χ4n) is 3.43. The molecule has 1 aliphatic rings. The van der Waals surface area contributed by atoms with Gasteiger partial charge >= 0.3 is 0 Å². The summed E-state index contributed by atoms with van der Waals surface area (Å²) in [6.45, 7) is 5.18. The molecule has 0 spiro atoms. The van der Waals surface area contributed by atoms with E-state index in [-0.39, 0.29) is 18.6 Å². The van der Waals surface area contributed by atoms with E-state index in [0.29, 0.717) is 0 Å². The normalized spacial score (nSPS) is 15.6. The maximum Gasteiger partial charge on any atom is 0.258 e. The Bertz CT molecular complexity index is 694. The van der Waals surface area contributed by atoms with Crippen LogP contribution >= 0.6 is 0 Å². The van der Waals surface area contributed by atoms with Gasteiger partial charge in [-0.1, -0.05) is 55.5 Å². The van der Waals surface area contributed by atoms with Crippen molar-refractivity contribution in [2.45, 2.75) is 38.8 Å². The standard InChI is InChI=1S/C22H28N2O2/c1-2-19-10-6-7-11-21(19)26-17-22(25)23-20-12-14-24(15-13-20)16-18-8-4-3-5-9-18/h3-11,20H,2,12-17H2,1H3,(H,23,25). The summed E-state index contributed by atoms with van der Waals surface area (Å²) < 4.78 is 5.71. The first-order chi connectivity index (χ1) is 12.7. The number of carbonyl (C=O) groups excluding carboxylic acids is 1. The number of benzene rings is 2. The number of ether oxygens (including phenoxy) is 1. The van der Waals surface area contributed by atoms with Crippen molar-refractivity contribution in [1.29, 1.82) is 0 Å². The van der Waals surface area contributed by atoms with Gasteiger partial charge in [-0.15, -0.1) is 0 Å². The van der Waals surface area contributed by atoms with Gasteiger partial charge in [-0.05, 0) is 36.5 Å². The molecule has 138 valence electrons. The van der Waals surface area contributed by atoms with Crippen molar-refractivity contribution in [3.63, 3.8) is 0 Å². The minimum atomic E-state index is -0.0302. The molecule has 0 unspecified atom stereocenters. The monoisotopic (exact) mass is 352 g/mol. The average molecular weight is 352 g/mol. The lowest BCUT2D eigenvalue weighted by Crippen LogP contribution is -2.45. The Balaban J connectivity index is 1.39. The van der Waals surface area contributed by atoms with Gasteiger partial charge in [-0.25, -0.2) is 0 Å². The Labute approximate surface area is 156 Å². The van der Waals surface area contributed by atoms with Crippen LogP contribution in [0.25, 0.3) is 0 Å². The number of hydrogen-bond donors (Lipinski definition) is 1. The summed E-state index contributed by atoms with van der Waals surface area (Å²) in [7, 11) is 0. The number of carbonyl (C=O) groups is 1. The number of hydrogen-bond acceptors (Lipinski definition) is 3. The average Bonchev–Trinajstić information content (AvgIpc) is 2.69. The van der Waals surface area contributed by atoms with E-state index in [0.717, 1.165) is 50.2 Å². The van der Waals surface area contributed by atoms with E-state index in [1.807, 2.05) is 30.3 Å². The summed E-state index contributed by atoms with van der Waals surface area (Å²) >= 11 is 0. The van der Waals surface area contributed by atoms with E-state index in [1.54, 1.807) is 0 Å². The Morgan fingerprint density at radius 2 is 1.77 bits per heavy atom. The molecule has 0 saturated carbocycles. The summed E-state index contributed by atoms with van der Waals surface area (Å²) in [4.78, 5) is 14.7. The lowest BCUT2D eigenvalue weighted by molar-refractivity contribution is -0.124. The Hall–Kier alpha value is -2.33. The van der Waals surface area contributed by atoms with Crippen LogP contribution in [-0.2, 0) is 17.8 Å². The number of rotatable bonds is 7. The highest BCUT2D eigenvalue weighted by Gasteiger charge is 2.20. The fraction of sp³-hybridized carbons (Fsp3) is 0.409. The first-order valence-corrected chi connectivity index (χ1v) is 9.51. The van der Waals surface area contributed by atoms with Crippen LogP contribution in [0, 0.1) is 0 Å². The minimum Gasteiger partial charge on any atom is -0.483 e. The molecule has 0 aromatic heterocycles. The lowest BCUT2D eigenvalue weighted by Gasteiger charge is -2.32. The number of nitrogens with one attached hydrogen (secondary N) is 1. The van der Waals surface area contributed by atoms with Crippen LogP contribution in [0.5, 0.6) is 5.75 Å². The molecule has 4 heteroatoms. The van der Waals surface area contributed by atoms with Gasteiger partial charge in [0.15, 0.2) is 6.61 Å². The molecular weight excluding hydrogens is 324 g/mol. The molecule has 1 fully saturated rings. The number of nitrogens with zero attached hydrogens (tertiary/aromatic N) is 1. The van der Waals surface area contributed by atoms with Gasteiger partial charge in [0, 0.05) is 25.7 Å². The highest BCUT2D eigenvalue weighted by molar-refractivity contribution is 5.77. The summed E-state index contributed by atoms with van der Waals surface area (Å²) in [6, 6.07) is 18.7. The predicted molar refractivity (Wildman–Crippen MR) is 104 cm³/mol. The summed E-state index contributed by atoms with van der Waals surface area (Å²) in [5.74, 6) is 0.778. The number of para-hydroxylation sites is 1. The molecule has 1 amide bonds. The van der Waals surface area contributed by atoms with Crippen molar-refractivity contribution < 1.29 is 9.53 Å². The molecule has 4 nitrogen and oxygen atoms in total. The van der Waals surface area contributed by atoms with Gasteiger partial charge < -0.3 is 10.1 Å². The SMILES string of the molecule is CCc1ccccc1OCC(=O)NC1CCN(Cc2ccccc2)CC1. The lowest BCUT2D eigenvalue weighted by atomic mass is 10.0. The molecule has 26 heavy (non-hydrogen) atoms. The second kappa shape index (κ2) is 9.39. The van der Waals surface area contributed by atoms with Crippen LogP contribution in [0.3, 0.4) is 0 Å². The van der Waals surface area contributed by atoms with Crippen LogP contribution in [0.4, 0.5) is 0 Å². The van der Waals surface area contributed by atoms with Gasteiger partial charge in [0.2, 0.25) is 0 Å². The van der Waals surface area contributed by atoms with Crippen LogP contribution < -0.4 is 10.1 Å². The number of amides is 1. The Morgan fingerprint density at radius 1 is 1.08 bits per heavy atom. The first-order valence-electron chi connectivity index (χ1n) is 9.51. The molecular formula is C22H28N2O2. The summed E-state index contributed by atoms with van der Waals surface area (Å²) in [5.41, 5.74) is 2.48. The van der Waals surface area contributed by atoms with Gasteiger partial charge in [-0.3, -0.25) is 9.69 Å². The largest absolute Gasteiger partial charge is 0.483 e. The fourth-order valence-corrected chi connectivity index (χ4v) is 3.43. The maximum absolute atomic E-state index is 12.2. The third-order valence-corrected chi connectivity index (χ3v) is 4.91. The van der Waals surface area contributed by atoms with Crippen LogP contribution in [0.2, 0.25) is 0 Å². The second-order valence-electron chi connectivity index (χ2n) is 6.85. The molecule has 1 aliphatic heterocycles.